The summed E-state index contributed by atoms with van der Waals surface area (Å²) in [6.45, 7) is 0.815. The van der Waals surface area contributed by atoms with E-state index in [1.807, 2.05) is 0 Å². The van der Waals surface area contributed by atoms with Crippen molar-refractivity contribution in [3.05, 3.63) is 53.0 Å². The predicted octanol–water partition coefficient (Wildman–Crippen LogP) is 4.14. The molecule has 0 radical (unpaired) electrons. The second kappa shape index (κ2) is 4.71. The number of nitrogens with zero attached hydrogens (tertiary/aromatic N) is 1. The lowest BCUT2D eigenvalue weighted by molar-refractivity contribution is 0.509. The van der Waals surface area contributed by atoms with Crippen molar-refractivity contribution in [2.75, 3.05) is 17.6 Å². The number of pyridine rings is 1. The maximum atomic E-state index is 14.2. The standard InChI is InChI=1S/C17H15ClFN3/c18-15-12(11-4-3-10(20)7-13(11)19)8-21-16-14(15)17(9-22-16)5-1-2-6-17/h1-4,7-8H,5-6,9,20H2,(H,21,22). The molecule has 0 bridgehead atoms. The topological polar surface area (TPSA) is 50.9 Å². The number of hydrogen-bond donors (Lipinski definition) is 2. The molecular formula is C17H15ClFN3. The summed E-state index contributed by atoms with van der Waals surface area (Å²) < 4.78 is 14.2. The Labute approximate surface area is 133 Å². The molecule has 0 saturated heterocycles. The minimum Gasteiger partial charge on any atom is -0.399 e. The Morgan fingerprint density at radius 2 is 2.00 bits per heavy atom. The Bertz CT molecular complexity index is 793. The third-order valence-corrected chi connectivity index (χ3v) is 5.00. The van der Waals surface area contributed by atoms with Crippen molar-refractivity contribution in [2.45, 2.75) is 18.3 Å². The number of fused-ring (bicyclic) bond motifs is 2. The summed E-state index contributed by atoms with van der Waals surface area (Å²) in [5.74, 6) is 0.432. The zero-order valence-corrected chi connectivity index (χ0v) is 12.6. The van der Waals surface area contributed by atoms with Gasteiger partial charge in [-0.3, -0.25) is 0 Å². The van der Waals surface area contributed by atoms with Gasteiger partial charge in [0.1, 0.15) is 11.6 Å². The lowest BCUT2D eigenvalue weighted by atomic mass is 9.80. The molecule has 4 rings (SSSR count). The summed E-state index contributed by atoms with van der Waals surface area (Å²) in [6, 6.07) is 4.64. The molecule has 0 atom stereocenters. The monoisotopic (exact) mass is 315 g/mol. The molecular weight excluding hydrogens is 301 g/mol. The van der Waals surface area contributed by atoms with E-state index in [0.29, 0.717) is 21.8 Å². The van der Waals surface area contributed by atoms with Gasteiger partial charge in [-0.2, -0.15) is 0 Å². The number of anilines is 2. The lowest BCUT2D eigenvalue weighted by Gasteiger charge is -2.24. The van der Waals surface area contributed by atoms with Crippen LogP contribution in [0.3, 0.4) is 0 Å². The number of halogens is 2. The number of hydrogen-bond acceptors (Lipinski definition) is 3. The molecule has 1 spiro atoms. The van der Waals surface area contributed by atoms with Crippen molar-refractivity contribution in [3.8, 4) is 11.1 Å². The molecule has 1 aromatic carbocycles. The van der Waals surface area contributed by atoms with Crippen LogP contribution in [0.4, 0.5) is 15.9 Å². The van der Waals surface area contributed by atoms with Crippen LogP contribution in [0.15, 0.2) is 36.5 Å². The molecule has 2 aliphatic rings. The molecule has 112 valence electrons. The summed E-state index contributed by atoms with van der Waals surface area (Å²) in [5, 5.41) is 3.91. The maximum Gasteiger partial charge on any atom is 0.133 e. The van der Waals surface area contributed by atoms with Crippen LogP contribution in [0.25, 0.3) is 11.1 Å². The van der Waals surface area contributed by atoms with Gasteiger partial charge in [-0.05, 0) is 31.0 Å². The van der Waals surface area contributed by atoms with Crippen LogP contribution in [0, 0.1) is 5.82 Å². The van der Waals surface area contributed by atoms with Crippen LogP contribution in [-0.4, -0.2) is 11.5 Å². The second-order valence-corrected chi connectivity index (χ2v) is 6.34. The highest BCUT2D eigenvalue weighted by Gasteiger charge is 2.42. The van der Waals surface area contributed by atoms with Crippen molar-refractivity contribution >= 4 is 23.1 Å². The van der Waals surface area contributed by atoms with E-state index in [0.717, 1.165) is 30.8 Å². The number of benzene rings is 1. The fraction of sp³-hybridized carbons (Fsp3) is 0.235. The lowest BCUT2D eigenvalue weighted by Crippen LogP contribution is -2.25. The summed E-state index contributed by atoms with van der Waals surface area (Å²) in [6.07, 6.45) is 7.83. The van der Waals surface area contributed by atoms with Crippen molar-refractivity contribution in [3.63, 3.8) is 0 Å². The normalized spacial score (nSPS) is 17.7. The van der Waals surface area contributed by atoms with Gasteiger partial charge in [-0.15, -0.1) is 0 Å². The van der Waals surface area contributed by atoms with Gasteiger partial charge in [-0.1, -0.05) is 23.8 Å². The van der Waals surface area contributed by atoms with Crippen LogP contribution in [-0.2, 0) is 5.41 Å². The zero-order chi connectivity index (χ0) is 15.3. The summed E-state index contributed by atoms with van der Waals surface area (Å²) in [4.78, 5) is 4.46. The molecule has 1 aromatic heterocycles. The largest absolute Gasteiger partial charge is 0.399 e. The first-order valence-corrected chi connectivity index (χ1v) is 7.62. The molecule has 22 heavy (non-hydrogen) atoms. The molecule has 3 N–H and O–H groups in total. The fourth-order valence-electron chi connectivity index (χ4n) is 3.44. The van der Waals surface area contributed by atoms with Crippen molar-refractivity contribution < 1.29 is 4.39 Å². The van der Waals surface area contributed by atoms with Crippen molar-refractivity contribution in [2.24, 2.45) is 0 Å². The first-order valence-electron chi connectivity index (χ1n) is 7.24. The van der Waals surface area contributed by atoms with E-state index in [9.17, 15) is 4.39 Å². The Kier molecular flexibility index (Phi) is 2.91. The SMILES string of the molecule is Nc1ccc(-c2cnc3c(c2Cl)C2(CC=CC2)CN3)c(F)c1. The van der Waals surface area contributed by atoms with Crippen LogP contribution in [0.1, 0.15) is 18.4 Å². The molecule has 1 aliphatic heterocycles. The van der Waals surface area contributed by atoms with Gasteiger partial charge >= 0.3 is 0 Å². The van der Waals surface area contributed by atoms with Gasteiger partial charge in [0.25, 0.3) is 0 Å². The first kappa shape index (κ1) is 13.6. The molecule has 2 heterocycles. The number of nitrogen functional groups attached to an aromatic ring is 1. The van der Waals surface area contributed by atoms with Crippen LogP contribution in [0.2, 0.25) is 5.02 Å². The number of aromatic nitrogens is 1. The molecule has 0 fully saturated rings. The minimum absolute atomic E-state index is 0.0420. The predicted molar refractivity (Wildman–Crippen MR) is 87.6 cm³/mol. The quantitative estimate of drug-likeness (QED) is 0.614. The minimum atomic E-state index is -0.381. The number of rotatable bonds is 1. The summed E-state index contributed by atoms with van der Waals surface area (Å²) >= 11 is 6.66. The highest BCUT2D eigenvalue weighted by molar-refractivity contribution is 6.34. The smallest absolute Gasteiger partial charge is 0.133 e. The number of nitrogens with one attached hydrogen (secondary N) is 1. The third-order valence-electron chi connectivity index (χ3n) is 4.61. The zero-order valence-electron chi connectivity index (χ0n) is 11.9. The highest BCUT2D eigenvalue weighted by Crippen LogP contribution is 2.50. The van der Waals surface area contributed by atoms with E-state index in [2.05, 4.69) is 22.5 Å². The molecule has 0 unspecified atom stereocenters. The van der Waals surface area contributed by atoms with Gasteiger partial charge in [0, 0.05) is 40.5 Å². The van der Waals surface area contributed by atoms with Gasteiger partial charge in [0.05, 0.1) is 5.02 Å². The van der Waals surface area contributed by atoms with E-state index in [-0.39, 0.29) is 11.2 Å². The second-order valence-electron chi connectivity index (χ2n) is 5.96. The average Bonchev–Trinajstić information content (AvgIpc) is 3.10. The van der Waals surface area contributed by atoms with Crippen molar-refractivity contribution in [1.29, 1.82) is 0 Å². The molecule has 2 aromatic rings. The van der Waals surface area contributed by atoms with E-state index < -0.39 is 0 Å². The molecule has 5 heteroatoms. The summed E-state index contributed by atoms with van der Waals surface area (Å²) in [5.41, 5.74) is 8.03. The third kappa shape index (κ3) is 1.83. The van der Waals surface area contributed by atoms with E-state index in [4.69, 9.17) is 17.3 Å². The number of nitrogens with two attached hydrogens (primary N) is 1. The molecule has 1 aliphatic carbocycles. The Hall–Kier alpha value is -2.07. The number of allylic oxidation sites excluding steroid dienone is 2. The van der Waals surface area contributed by atoms with Crippen LogP contribution >= 0.6 is 11.6 Å². The van der Waals surface area contributed by atoms with E-state index in [1.54, 1.807) is 18.3 Å². The van der Waals surface area contributed by atoms with Gasteiger partial charge in [0.15, 0.2) is 0 Å². The summed E-state index contributed by atoms with van der Waals surface area (Å²) in [7, 11) is 0. The van der Waals surface area contributed by atoms with Gasteiger partial charge in [-0.25, -0.2) is 9.37 Å². The first-order chi connectivity index (χ1) is 10.6. The Morgan fingerprint density at radius 3 is 2.73 bits per heavy atom. The van der Waals surface area contributed by atoms with Crippen LogP contribution in [0.5, 0.6) is 0 Å². The average molecular weight is 316 g/mol. The molecule has 0 amide bonds. The molecule has 3 nitrogen and oxygen atoms in total. The highest BCUT2D eigenvalue weighted by atomic mass is 35.5. The van der Waals surface area contributed by atoms with Crippen LogP contribution < -0.4 is 11.1 Å². The fourth-order valence-corrected chi connectivity index (χ4v) is 3.88. The molecule has 0 saturated carbocycles. The van der Waals surface area contributed by atoms with E-state index >= 15 is 0 Å². The van der Waals surface area contributed by atoms with Gasteiger partial charge in [0.2, 0.25) is 0 Å². The Morgan fingerprint density at radius 1 is 1.23 bits per heavy atom. The Balaban J connectivity index is 1.90. The van der Waals surface area contributed by atoms with Crippen molar-refractivity contribution in [1.82, 2.24) is 4.98 Å². The van der Waals surface area contributed by atoms with Gasteiger partial charge < -0.3 is 11.1 Å². The maximum absolute atomic E-state index is 14.2. The van der Waals surface area contributed by atoms with E-state index in [1.165, 1.54) is 6.07 Å².